The molecule has 1 amide bonds. The third kappa shape index (κ3) is 6.11. The first-order valence-corrected chi connectivity index (χ1v) is 13.0. The van der Waals surface area contributed by atoms with Crippen molar-refractivity contribution < 1.29 is 33.0 Å². The van der Waals surface area contributed by atoms with Crippen LogP contribution in [0.3, 0.4) is 0 Å². The number of nitrogens with one attached hydrogen (secondary N) is 1. The van der Waals surface area contributed by atoms with Crippen molar-refractivity contribution in [3.05, 3.63) is 130 Å². The minimum Gasteiger partial charge on any atom is -0.459 e. The molecule has 1 unspecified atom stereocenters. The number of anilines is 1. The molecule has 0 aliphatic carbocycles. The van der Waals surface area contributed by atoms with Gasteiger partial charge in [0.2, 0.25) is 0 Å². The van der Waals surface area contributed by atoms with Crippen molar-refractivity contribution in [2.75, 3.05) is 11.9 Å². The van der Waals surface area contributed by atoms with Gasteiger partial charge in [-0.15, -0.1) is 0 Å². The summed E-state index contributed by atoms with van der Waals surface area (Å²) in [6.07, 6.45) is -3.23. The summed E-state index contributed by atoms with van der Waals surface area (Å²) in [7, 11) is 0. The Labute approximate surface area is 239 Å². The lowest BCUT2D eigenvalue weighted by Crippen LogP contribution is -2.45. The van der Waals surface area contributed by atoms with E-state index in [0.29, 0.717) is 5.56 Å². The highest BCUT2D eigenvalue weighted by Crippen LogP contribution is 2.43. The second-order valence-electron chi connectivity index (χ2n) is 9.66. The first-order chi connectivity index (χ1) is 20.2. The molecule has 0 saturated carbocycles. The fourth-order valence-electron chi connectivity index (χ4n) is 4.54. The summed E-state index contributed by atoms with van der Waals surface area (Å²) in [5.74, 6) is -2.05. The monoisotopic (exact) mass is 571 g/mol. The van der Waals surface area contributed by atoms with E-state index in [-0.39, 0.29) is 16.9 Å². The van der Waals surface area contributed by atoms with Crippen LogP contribution in [0.2, 0.25) is 0 Å². The fraction of sp³-hybridized carbons (Fsp3) is 0.194. The Morgan fingerprint density at radius 3 is 2.00 bits per heavy atom. The Bertz CT molecular complexity index is 1630. The summed E-state index contributed by atoms with van der Waals surface area (Å²) >= 11 is 0. The molecule has 0 radical (unpaired) electrons. The highest BCUT2D eigenvalue weighted by molar-refractivity contribution is 6.03. The van der Waals surface area contributed by atoms with Gasteiger partial charge in [-0.25, -0.2) is 18.8 Å². The van der Waals surface area contributed by atoms with Crippen LogP contribution in [0.25, 0.3) is 0 Å². The second-order valence-corrected chi connectivity index (χ2v) is 9.66. The Hall–Kier alpha value is -5.16. The molecule has 5 rings (SSSR count). The van der Waals surface area contributed by atoms with Crippen LogP contribution in [0.5, 0.6) is 0 Å². The summed E-state index contributed by atoms with van der Waals surface area (Å²) in [6, 6.07) is 25.8. The maximum absolute atomic E-state index is 16.5. The fourth-order valence-corrected chi connectivity index (χ4v) is 4.54. The summed E-state index contributed by atoms with van der Waals surface area (Å²) < 4.78 is 34.2. The summed E-state index contributed by atoms with van der Waals surface area (Å²) in [4.78, 5) is 54.8. The zero-order valence-corrected chi connectivity index (χ0v) is 22.4. The van der Waals surface area contributed by atoms with Gasteiger partial charge in [-0.05, 0) is 49.4 Å². The first-order valence-electron chi connectivity index (χ1n) is 13.0. The zero-order valence-electron chi connectivity index (χ0n) is 22.4. The van der Waals surface area contributed by atoms with Gasteiger partial charge >= 0.3 is 17.6 Å². The second kappa shape index (κ2) is 12.1. The predicted octanol–water partition coefficient (Wildman–Crippen LogP) is 4.20. The number of nitrogens with zero attached hydrogens (tertiary/aromatic N) is 2. The number of esters is 2. The van der Waals surface area contributed by atoms with E-state index in [1.807, 2.05) is 0 Å². The molecule has 2 heterocycles. The maximum atomic E-state index is 16.5. The van der Waals surface area contributed by atoms with Crippen LogP contribution in [-0.2, 0) is 14.2 Å². The lowest BCUT2D eigenvalue weighted by Gasteiger charge is -2.27. The van der Waals surface area contributed by atoms with Gasteiger partial charge < -0.3 is 19.5 Å². The van der Waals surface area contributed by atoms with Crippen molar-refractivity contribution in [3.8, 4) is 0 Å². The third-order valence-electron chi connectivity index (χ3n) is 6.67. The average molecular weight is 572 g/mol. The Kier molecular flexibility index (Phi) is 8.21. The molecular weight excluding hydrogens is 545 g/mol. The number of hydrogen-bond acceptors (Lipinski definition) is 8. The molecule has 10 nitrogen and oxygen atoms in total. The van der Waals surface area contributed by atoms with Crippen molar-refractivity contribution in [2.24, 2.45) is 0 Å². The largest absolute Gasteiger partial charge is 0.459 e. The average Bonchev–Trinajstić information content (AvgIpc) is 3.25. The highest BCUT2D eigenvalue weighted by atomic mass is 19.1. The maximum Gasteiger partial charge on any atom is 0.351 e. The van der Waals surface area contributed by atoms with Crippen LogP contribution < -0.4 is 11.0 Å². The Morgan fingerprint density at radius 1 is 0.881 bits per heavy atom. The number of halogens is 1. The van der Waals surface area contributed by atoms with E-state index in [2.05, 4.69) is 10.3 Å². The van der Waals surface area contributed by atoms with E-state index in [4.69, 9.17) is 14.2 Å². The molecular formula is C31H26FN3O7. The molecule has 4 atom stereocenters. The van der Waals surface area contributed by atoms with Crippen molar-refractivity contribution in [1.29, 1.82) is 0 Å². The van der Waals surface area contributed by atoms with E-state index >= 15 is 4.39 Å². The molecule has 0 spiro atoms. The Morgan fingerprint density at radius 2 is 1.43 bits per heavy atom. The van der Waals surface area contributed by atoms with Crippen LogP contribution in [0.4, 0.5) is 10.2 Å². The lowest BCUT2D eigenvalue weighted by molar-refractivity contribution is -0.0648. The lowest BCUT2D eigenvalue weighted by atomic mass is 9.98. The van der Waals surface area contributed by atoms with Gasteiger partial charge in [0.15, 0.2) is 18.0 Å². The van der Waals surface area contributed by atoms with Crippen molar-refractivity contribution in [2.45, 2.75) is 31.0 Å². The zero-order chi connectivity index (χ0) is 29.7. The number of carbonyl (C=O) groups is 3. The first kappa shape index (κ1) is 28.4. The van der Waals surface area contributed by atoms with Gasteiger partial charge in [0.05, 0.1) is 11.1 Å². The van der Waals surface area contributed by atoms with Crippen molar-refractivity contribution in [1.82, 2.24) is 9.55 Å². The summed E-state index contributed by atoms with van der Waals surface area (Å²) in [6.45, 7) is 0.654. The quantitative estimate of drug-likeness (QED) is 0.312. The molecule has 4 aromatic rings. The number of hydrogen-bond donors (Lipinski definition) is 1. The van der Waals surface area contributed by atoms with Gasteiger partial charge in [-0.3, -0.25) is 9.36 Å². The predicted molar refractivity (Wildman–Crippen MR) is 149 cm³/mol. The van der Waals surface area contributed by atoms with E-state index in [1.54, 1.807) is 78.9 Å². The number of aromatic nitrogens is 2. The molecule has 1 saturated heterocycles. The number of alkyl halides is 1. The molecule has 1 fully saturated rings. The number of amides is 1. The third-order valence-corrected chi connectivity index (χ3v) is 6.67. The minimum atomic E-state index is -2.46. The summed E-state index contributed by atoms with van der Waals surface area (Å²) in [5, 5.41) is 2.52. The number of benzene rings is 3. The van der Waals surface area contributed by atoms with E-state index in [1.165, 1.54) is 24.4 Å². The van der Waals surface area contributed by atoms with Crippen molar-refractivity contribution in [3.63, 3.8) is 0 Å². The van der Waals surface area contributed by atoms with E-state index < -0.39 is 54.2 Å². The van der Waals surface area contributed by atoms with Gasteiger partial charge in [-0.2, -0.15) is 4.98 Å². The van der Waals surface area contributed by atoms with Crippen LogP contribution in [0.15, 0.2) is 108 Å². The number of carbonyl (C=O) groups excluding carboxylic acids is 3. The van der Waals surface area contributed by atoms with Gasteiger partial charge in [0, 0.05) is 11.8 Å². The van der Waals surface area contributed by atoms with E-state index in [9.17, 15) is 19.2 Å². The molecule has 1 N–H and O–H groups in total. The highest BCUT2D eigenvalue weighted by Gasteiger charge is 2.58. The summed E-state index contributed by atoms with van der Waals surface area (Å²) in [5.41, 5.74) is -2.59. The standard InChI is InChI=1S/C31H26FN3O7/c1-31(32)25(42-28(38)22-15-9-4-10-16-22)23(19-40-27(37)21-13-7-3-8-14-21)41-29(31)35-18-17-24(34-30(35)39)33-26(36)20-11-5-2-6-12-20/h2-18,23,25,29H,19H2,1H3,(H,33,34,36,39)/t23-,25-,29+,31?/m1/s1. The SMILES string of the molecule is CC1(F)[C@H](OC(=O)c2ccccc2)[C@@H](COC(=O)c2ccccc2)O[C@@H]1n1ccc(NC(=O)c2ccccc2)nc1=O. The van der Waals surface area contributed by atoms with Gasteiger partial charge in [-0.1, -0.05) is 54.6 Å². The number of ether oxygens (including phenoxy) is 3. The van der Waals surface area contributed by atoms with Crippen molar-refractivity contribution >= 4 is 23.7 Å². The topological polar surface area (TPSA) is 126 Å². The van der Waals surface area contributed by atoms with E-state index in [0.717, 1.165) is 11.5 Å². The molecule has 1 aromatic heterocycles. The molecule has 0 bridgehead atoms. The van der Waals surface area contributed by atoms with Crippen LogP contribution in [0.1, 0.15) is 44.2 Å². The molecule has 3 aromatic carbocycles. The molecule has 1 aliphatic rings. The van der Waals surface area contributed by atoms with Gasteiger partial charge in [0.1, 0.15) is 18.5 Å². The number of rotatable bonds is 8. The van der Waals surface area contributed by atoms with Crippen LogP contribution in [0, 0.1) is 0 Å². The Balaban J connectivity index is 1.39. The molecule has 1 aliphatic heterocycles. The van der Waals surface area contributed by atoms with Crippen LogP contribution in [-0.4, -0.2) is 51.9 Å². The normalized spacial score (nSPS) is 21.3. The molecule has 11 heteroatoms. The van der Waals surface area contributed by atoms with Gasteiger partial charge in [0.25, 0.3) is 5.91 Å². The molecule has 42 heavy (non-hydrogen) atoms. The smallest absolute Gasteiger partial charge is 0.351 e. The molecule has 214 valence electrons. The minimum absolute atomic E-state index is 0.0518. The van der Waals surface area contributed by atoms with Crippen LogP contribution >= 0.6 is 0 Å².